The summed E-state index contributed by atoms with van der Waals surface area (Å²) in [6.07, 6.45) is 4.06. The van der Waals surface area contributed by atoms with E-state index in [2.05, 4.69) is 10.6 Å². The van der Waals surface area contributed by atoms with Crippen LogP contribution in [0, 0.1) is 13.8 Å². The first-order valence-corrected chi connectivity index (χ1v) is 11.2. The van der Waals surface area contributed by atoms with E-state index < -0.39 is 0 Å². The molecule has 30 heavy (non-hydrogen) atoms. The van der Waals surface area contributed by atoms with E-state index in [1.165, 1.54) is 4.88 Å². The molecule has 2 aromatic carbocycles. The molecule has 0 aliphatic heterocycles. The lowest BCUT2D eigenvalue weighted by atomic mass is 9.95. The third-order valence-electron chi connectivity index (χ3n) is 5.69. The molecule has 2 amide bonds. The van der Waals surface area contributed by atoms with Gasteiger partial charge in [-0.15, -0.1) is 11.3 Å². The van der Waals surface area contributed by atoms with Gasteiger partial charge in [-0.1, -0.05) is 36.4 Å². The zero-order valence-electron chi connectivity index (χ0n) is 17.4. The number of thiophene rings is 1. The SMILES string of the molecule is Cc1ccc(C(=O)Nc2sc3c(c2C(=O)NCc2ccccc2)CCCC3)cc1C. The molecule has 0 fully saturated rings. The summed E-state index contributed by atoms with van der Waals surface area (Å²) in [6.45, 7) is 4.49. The molecule has 0 bridgehead atoms. The van der Waals surface area contributed by atoms with Crippen molar-refractivity contribution in [3.63, 3.8) is 0 Å². The zero-order chi connectivity index (χ0) is 21.1. The van der Waals surface area contributed by atoms with Gasteiger partial charge in [-0.3, -0.25) is 9.59 Å². The van der Waals surface area contributed by atoms with Gasteiger partial charge in [-0.05, 0) is 73.9 Å². The Labute approximate surface area is 181 Å². The quantitative estimate of drug-likeness (QED) is 0.581. The van der Waals surface area contributed by atoms with E-state index in [0.29, 0.717) is 22.7 Å². The van der Waals surface area contributed by atoms with E-state index >= 15 is 0 Å². The van der Waals surface area contributed by atoms with Crippen molar-refractivity contribution in [3.05, 3.63) is 86.8 Å². The second-order valence-corrected chi connectivity index (χ2v) is 8.94. The first-order chi connectivity index (χ1) is 14.5. The van der Waals surface area contributed by atoms with E-state index in [1.807, 2.05) is 62.4 Å². The summed E-state index contributed by atoms with van der Waals surface area (Å²) >= 11 is 1.55. The molecule has 4 rings (SSSR count). The molecule has 1 aromatic heterocycles. The standard InChI is InChI=1S/C25H26N2O2S/c1-16-12-13-19(14-17(16)2)23(28)27-25-22(20-10-6-7-11-21(20)30-25)24(29)26-15-18-8-4-3-5-9-18/h3-5,8-9,12-14H,6-7,10-11,15H2,1-2H3,(H,26,29)(H,27,28). The second-order valence-electron chi connectivity index (χ2n) is 7.84. The van der Waals surface area contributed by atoms with Crippen molar-refractivity contribution in [2.75, 3.05) is 5.32 Å². The Kier molecular flexibility index (Phi) is 6.00. The molecule has 1 aliphatic rings. The summed E-state index contributed by atoms with van der Waals surface area (Å²) in [5.74, 6) is -0.289. The van der Waals surface area contributed by atoms with Gasteiger partial charge in [-0.25, -0.2) is 0 Å². The van der Waals surface area contributed by atoms with Gasteiger partial charge < -0.3 is 10.6 Å². The smallest absolute Gasteiger partial charge is 0.256 e. The number of rotatable bonds is 5. The number of fused-ring (bicyclic) bond motifs is 1. The zero-order valence-corrected chi connectivity index (χ0v) is 18.2. The van der Waals surface area contributed by atoms with Crippen molar-refractivity contribution in [3.8, 4) is 0 Å². The molecule has 0 spiro atoms. The Bertz CT molecular complexity index is 1090. The summed E-state index contributed by atoms with van der Waals surface area (Å²) in [5.41, 5.74) is 5.64. The van der Waals surface area contributed by atoms with Crippen LogP contribution in [0.3, 0.4) is 0 Å². The number of nitrogens with one attached hydrogen (secondary N) is 2. The van der Waals surface area contributed by atoms with Crippen LogP contribution in [-0.2, 0) is 19.4 Å². The van der Waals surface area contributed by atoms with Crippen molar-refractivity contribution >= 4 is 28.2 Å². The number of carbonyl (C=O) groups is 2. The van der Waals surface area contributed by atoms with Crippen molar-refractivity contribution < 1.29 is 9.59 Å². The number of amides is 2. The molecule has 0 radical (unpaired) electrons. The van der Waals surface area contributed by atoms with Crippen molar-refractivity contribution in [1.29, 1.82) is 0 Å². The van der Waals surface area contributed by atoms with Crippen LogP contribution in [0.2, 0.25) is 0 Å². The van der Waals surface area contributed by atoms with E-state index in [0.717, 1.165) is 47.9 Å². The predicted octanol–water partition coefficient (Wildman–Crippen LogP) is 5.43. The number of carbonyl (C=O) groups excluding carboxylic acids is 2. The Morgan fingerprint density at radius 3 is 2.47 bits per heavy atom. The van der Waals surface area contributed by atoms with Crippen LogP contribution >= 0.6 is 11.3 Å². The Morgan fingerprint density at radius 2 is 1.70 bits per heavy atom. The molecule has 0 atom stereocenters. The highest BCUT2D eigenvalue weighted by molar-refractivity contribution is 7.17. The highest BCUT2D eigenvalue weighted by Crippen LogP contribution is 2.38. The van der Waals surface area contributed by atoms with Crippen LogP contribution in [-0.4, -0.2) is 11.8 Å². The van der Waals surface area contributed by atoms with E-state index in [4.69, 9.17) is 0 Å². The van der Waals surface area contributed by atoms with Gasteiger partial charge in [0.05, 0.1) is 5.56 Å². The Balaban J connectivity index is 1.59. The molecular weight excluding hydrogens is 392 g/mol. The number of hydrogen-bond donors (Lipinski definition) is 2. The Morgan fingerprint density at radius 1 is 0.933 bits per heavy atom. The molecule has 1 heterocycles. The highest BCUT2D eigenvalue weighted by Gasteiger charge is 2.26. The lowest BCUT2D eigenvalue weighted by molar-refractivity contribution is 0.0951. The van der Waals surface area contributed by atoms with Gasteiger partial charge in [0.1, 0.15) is 5.00 Å². The highest BCUT2D eigenvalue weighted by atomic mass is 32.1. The van der Waals surface area contributed by atoms with Crippen LogP contribution in [0.15, 0.2) is 48.5 Å². The summed E-state index contributed by atoms with van der Waals surface area (Å²) in [5, 5.41) is 6.73. The number of anilines is 1. The maximum atomic E-state index is 13.1. The maximum Gasteiger partial charge on any atom is 0.256 e. The summed E-state index contributed by atoms with van der Waals surface area (Å²) < 4.78 is 0. The average molecular weight is 419 g/mol. The Hall–Kier alpha value is -2.92. The molecule has 3 aromatic rings. The fourth-order valence-corrected chi connectivity index (χ4v) is 5.10. The lowest BCUT2D eigenvalue weighted by Gasteiger charge is -2.13. The molecule has 0 saturated carbocycles. The summed E-state index contributed by atoms with van der Waals surface area (Å²) in [6, 6.07) is 15.6. The van der Waals surface area contributed by atoms with Gasteiger partial charge in [0, 0.05) is 17.0 Å². The number of aryl methyl sites for hydroxylation is 3. The van der Waals surface area contributed by atoms with Crippen LogP contribution in [0.25, 0.3) is 0 Å². The monoisotopic (exact) mass is 418 g/mol. The van der Waals surface area contributed by atoms with Gasteiger partial charge in [0.2, 0.25) is 0 Å². The minimum absolute atomic E-state index is 0.117. The molecule has 4 nitrogen and oxygen atoms in total. The summed E-state index contributed by atoms with van der Waals surface area (Å²) in [4.78, 5) is 27.3. The molecule has 2 N–H and O–H groups in total. The average Bonchev–Trinajstić information content (AvgIpc) is 3.12. The van der Waals surface area contributed by atoms with Crippen LogP contribution in [0.4, 0.5) is 5.00 Å². The topological polar surface area (TPSA) is 58.2 Å². The molecule has 1 aliphatic carbocycles. The molecular formula is C25H26N2O2S. The van der Waals surface area contributed by atoms with Crippen LogP contribution in [0.5, 0.6) is 0 Å². The third-order valence-corrected chi connectivity index (χ3v) is 6.90. The van der Waals surface area contributed by atoms with E-state index in [1.54, 1.807) is 11.3 Å². The third kappa shape index (κ3) is 4.31. The second kappa shape index (κ2) is 8.84. The van der Waals surface area contributed by atoms with Crippen LogP contribution < -0.4 is 10.6 Å². The van der Waals surface area contributed by atoms with Crippen molar-refractivity contribution in [2.45, 2.75) is 46.1 Å². The van der Waals surface area contributed by atoms with Gasteiger partial charge >= 0.3 is 0 Å². The normalized spacial score (nSPS) is 12.9. The van der Waals surface area contributed by atoms with Gasteiger partial charge in [0.15, 0.2) is 0 Å². The van der Waals surface area contributed by atoms with Gasteiger partial charge in [0.25, 0.3) is 11.8 Å². The number of hydrogen-bond acceptors (Lipinski definition) is 3. The minimum Gasteiger partial charge on any atom is -0.348 e. The van der Waals surface area contributed by atoms with Crippen LogP contribution in [0.1, 0.15) is 60.7 Å². The van der Waals surface area contributed by atoms with Crippen molar-refractivity contribution in [2.24, 2.45) is 0 Å². The molecule has 0 saturated heterocycles. The largest absolute Gasteiger partial charge is 0.348 e. The van der Waals surface area contributed by atoms with Crippen molar-refractivity contribution in [1.82, 2.24) is 5.32 Å². The summed E-state index contributed by atoms with van der Waals surface area (Å²) in [7, 11) is 0. The minimum atomic E-state index is -0.172. The molecule has 5 heteroatoms. The van der Waals surface area contributed by atoms with E-state index in [9.17, 15) is 9.59 Å². The number of benzene rings is 2. The maximum absolute atomic E-state index is 13.1. The first-order valence-electron chi connectivity index (χ1n) is 10.4. The lowest BCUT2D eigenvalue weighted by Crippen LogP contribution is -2.25. The van der Waals surface area contributed by atoms with Gasteiger partial charge in [-0.2, -0.15) is 0 Å². The molecule has 154 valence electrons. The predicted molar refractivity (Wildman–Crippen MR) is 122 cm³/mol. The van der Waals surface area contributed by atoms with E-state index in [-0.39, 0.29) is 11.8 Å². The molecule has 0 unspecified atom stereocenters. The first kappa shape index (κ1) is 20.4. The fraction of sp³-hybridized carbons (Fsp3) is 0.280. The fourth-order valence-electron chi connectivity index (χ4n) is 3.82.